The minimum Gasteiger partial charge on any atom is -0.504 e. The van der Waals surface area contributed by atoms with Gasteiger partial charge in [0.2, 0.25) is 17.2 Å². The Morgan fingerprint density at radius 3 is 2.12 bits per heavy atom. The first-order valence-electron chi connectivity index (χ1n) is 8.12. The zero-order valence-corrected chi connectivity index (χ0v) is 14.0. The van der Waals surface area contributed by atoms with Crippen molar-refractivity contribution < 1.29 is 44.9 Å². The zero-order valence-electron chi connectivity index (χ0n) is 14.0. The molecule has 7 N–H and O–H groups in total. The van der Waals surface area contributed by atoms with Crippen LogP contribution in [0.25, 0.3) is 0 Å². The number of carbonyl (C=O) groups excluding carboxylic acids is 1. The van der Waals surface area contributed by atoms with Gasteiger partial charge in [0.15, 0.2) is 17.1 Å². The van der Waals surface area contributed by atoms with Gasteiger partial charge in [-0.25, -0.2) is 0 Å². The zero-order chi connectivity index (χ0) is 19.3. The summed E-state index contributed by atoms with van der Waals surface area (Å²) in [7, 11) is 1.17. The van der Waals surface area contributed by atoms with Crippen molar-refractivity contribution in [2.75, 3.05) is 13.7 Å². The highest BCUT2D eigenvalue weighted by Crippen LogP contribution is 2.57. The molecule has 144 valence electrons. The molecule has 1 saturated heterocycles. The van der Waals surface area contributed by atoms with Crippen molar-refractivity contribution >= 4 is 5.91 Å². The van der Waals surface area contributed by atoms with E-state index in [1.165, 1.54) is 7.11 Å². The van der Waals surface area contributed by atoms with Crippen molar-refractivity contribution in [2.24, 2.45) is 0 Å². The fourth-order valence-corrected chi connectivity index (χ4v) is 3.44. The van der Waals surface area contributed by atoms with E-state index in [1.54, 1.807) is 0 Å². The van der Waals surface area contributed by atoms with Crippen molar-refractivity contribution in [3.8, 4) is 28.7 Å². The molecule has 0 bridgehead atoms. The molecular formula is C16H21NO9. The van der Waals surface area contributed by atoms with E-state index in [9.17, 15) is 35.4 Å². The number of nitrogens with one attached hydrogen (secondary N) is 1. The van der Waals surface area contributed by atoms with Gasteiger partial charge in [-0.2, -0.15) is 0 Å². The fourth-order valence-electron chi connectivity index (χ4n) is 3.44. The standard InChI is InChI=1S/C16H21NO9/c1-25-12-11(20)9(18)8(15(22)6-17-14(21)16(15,23)24)10(19)13(12)26-7-4-2-3-5-7/h7,18-20,22-24H,2-6H2,1H3,(H,17,21). The molecule has 1 heterocycles. The SMILES string of the molecule is COc1c(O)c(O)c(C2(O)CNC(=O)C2(O)O)c(O)c1OC1CCCC1. The molecule has 0 spiro atoms. The van der Waals surface area contributed by atoms with E-state index in [0.717, 1.165) is 12.8 Å². The van der Waals surface area contributed by atoms with Gasteiger partial charge in [-0.15, -0.1) is 0 Å². The van der Waals surface area contributed by atoms with E-state index in [0.29, 0.717) is 12.8 Å². The molecule has 1 aliphatic carbocycles. The van der Waals surface area contributed by atoms with Crippen LogP contribution in [0.2, 0.25) is 0 Å². The molecule has 1 saturated carbocycles. The highest BCUT2D eigenvalue weighted by Gasteiger charge is 2.63. The number of amides is 1. The van der Waals surface area contributed by atoms with Crippen LogP contribution in [-0.4, -0.2) is 62.1 Å². The Bertz CT molecular complexity index is 742. The van der Waals surface area contributed by atoms with Gasteiger partial charge in [-0.3, -0.25) is 4.79 Å². The van der Waals surface area contributed by atoms with Crippen LogP contribution in [0.3, 0.4) is 0 Å². The number of ether oxygens (including phenoxy) is 2. The molecule has 2 aliphatic rings. The van der Waals surface area contributed by atoms with Crippen LogP contribution in [-0.2, 0) is 10.4 Å². The van der Waals surface area contributed by atoms with E-state index in [4.69, 9.17) is 9.47 Å². The van der Waals surface area contributed by atoms with Gasteiger partial charge in [0, 0.05) is 0 Å². The summed E-state index contributed by atoms with van der Waals surface area (Å²) >= 11 is 0. The number of benzene rings is 1. The molecule has 0 radical (unpaired) electrons. The van der Waals surface area contributed by atoms with Crippen molar-refractivity contribution in [3.05, 3.63) is 5.56 Å². The third-order valence-electron chi connectivity index (χ3n) is 4.94. The van der Waals surface area contributed by atoms with Gasteiger partial charge in [-0.05, 0) is 25.7 Å². The van der Waals surface area contributed by atoms with E-state index in [-0.39, 0.29) is 17.6 Å². The summed E-state index contributed by atoms with van der Waals surface area (Å²) in [6.45, 7) is -0.728. The first kappa shape index (κ1) is 18.4. The van der Waals surface area contributed by atoms with Gasteiger partial charge in [0.1, 0.15) is 0 Å². The maximum absolute atomic E-state index is 11.6. The molecule has 1 unspecified atom stereocenters. The lowest BCUT2D eigenvalue weighted by molar-refractivity contribution is -0.246. The third kappa shape index (κ3) is 2.41. The largest absolute Gasteiger partial charge is 0.504 e. The van der Waals surface area contributed by atoms with Gasteiger partial charge in [0.25, 0.3) is 11.7 Å². The molecule has 0 aromatic heterocycles. The molecule has 3 rings (SSSR count). The highest BCUT2D eigenvalue weighted by atomic mass is 16.5. The van der Waals surface area contributed by atoms with Crippen LogP contribution in [0.1, 0.15) is 31.2 Å². The average molecular weight is 371 g/mol. The topological polar surface area (TPSA) is 169 Å². The average Bonchev–Trinajstić information content (AvgIpc) is 3.17. The second-order valence-electron chi connectivity index (χ2n) is 6.52. The molecule has 1 amide bonds. The van der Waals surface area contributed by atoms with Crippen LogP contribution in [0.15, 0.2) is 0 Å². The van der Waals surface area contributed by atoms with Gasteiger partial charge < -0.3 is 45.4 Å². The summed E-state index contributed by atoms with van der Waals surface area (Å²) in [4.78, 5) is 11.6. The van der Waals surface area contributed by atoms with E-state index >= 15 is 0 Å². The van der Waals surface area contributed by atoms with Crippen LogP contribution in [0.4, 0.5) is 0 Å². The summed E-state index contributed by atoms with van der Waals surface area (Å²) in [6.07, 6.45) is 2.90. The number of carbonyl (C=O) groups is 1. The summed E-state index contributed by atoms with van der Waals surface area (Å²) < 4.78 is 10.7. The van der Waals surface area contributed by atoms with Crippen molar-refractivity contribution in [3.63, 3.8) is 0 Å². The first-order valence-corrected chi connectivity index (χ1v) is 8.12. The van der Waals surface area contributed by atoms with Crippen LogP contribution in [0, 0.1) is 0 Å². The Hall–Kier alpha value is -2.43. The molecular weight excluding hydrogens is 350 g/mol. The number of aromatic hydroxyl groups is 3. The number of hydrogen-bond donors (Lipinski definition) is 7. The fraction of sp³-hybridized carbons (Fsp3) is 0.562. The first-order chi connectivity index (χ1) is 12.1. The quantitative estimate of drug-likeness (QED) is 0.202. The maximum atomic E-state index is 11.6. The molecule has 26 heavy (non-hydrogen) atoms. The van der Waals surface area contributed by atoms with E-state index in [2.05, 4.69) is 0 Å². The molecule has 1 aromatic carbocycles. The lowest BCUT2D eigenvalue weighted by Crippen LogP contribution is -2.53. The summed E-state index contributed by atoms with van der Waals surface area (Å²) in [5.74, 6) is -8.23. The number of aliphatic hydroxyl groups is 3. The number of rotatable bonds is 4. The van der Waals surface area contributed by atoms with Gasteiger partial charge >= 0.3 is 0 Å². The molecule has 2 fully saturated rings. The number of β-amino-alcohol motifs (C(OH)–C–C–N with tert-alkyl or cyclic N) is 1. The molecule has 10 nitrogen and oxygen atoms in total. The minimum absolute atomic E-state index is 0.294. The Balaban J connectivity index is 2.20. The normalized spacial score (nSPS) is 25.3. The number of phenolic OH excluding ortho intramolecular Hbond substituents is 3. The van der Waals surface area contributed by atoms with Crippen molar-refractivity contribution in [1.82, 2.24) is 5.32 Å². The van der Waals surface area contributed by atoms with Crippen LogP contribution < -0.4 is 14.8 Å². The summed E-state index contributed by atoms with van der Waals surface area (Å²) in [5.41, 5.74) is -3.69. The Kier molecular flexibility index (Phi) is 4.29. The predicted molar refractivity (Wildman–Crippen MR) is 84.9 cm³/mol. The number of hydrogen-bond acceptors (Lipinski definition) is 9. The van der Waals surface area contributed by atoms with Crippen LogP contribution in [0.5, 0.6) is 28.7 Å². The molecule has 1 atom stereocenters. The number of phenols is 3. The second-order valence-corrected chi connectivity index (χ2v) is 6.52. The maximum Gasteiger partial charge on any atom is 0.283 e. The third-order valence-corrected chi connectivity index (χ3v) is 4.94. The van der Waals surface area contributed by atoms with E-state index in [1.807, 2.05) is 5.32 Å². The Morgan fingerprint density at radius 2 is 1.62 bits per heavy atom. The molecule has 1 aromatic rings. The Labute approximate surface area is 148 Å². The summed E-state index contributed by atoms with van der Waals surface area (Å²) in [5, 5.41) is 63.8. The smallest absolute Gasteiger partial charge is 0.283 e. The number of methoxy groups -OCH3 is 1. The predicted octanol–water partition coefficient (Wildman–Crippen LogP) is -0.868. The molecule has 1 aliphatic heterocycles. The molecule has 10 heteroatoms. The van der Waals surface area contributed by atoms with Crippen molar-refractivity contribution in [2.45, 2.75) is 43.2 Å². The van der Waals surface area contributed by atoms with Gasteiger partial charge in [-0.1, -0.05) is 0 Å². The monoisotopic (exact) mass is 371 g/mol. The minimum atomic E-state index is -3.35. The second kappa shape index (κ2) is 6.08. The van der Waals surface area contributed by atoms with Gasteiger partial charge in [0.05, 0.1) is 25.3 Å². The lowest BCUT2D eigenvalue weighted by atomic mass is 9.85. The summed E-state index contributed by atoms with van der Waals surface area (Å²) in [6, 6.07) is 0. The van der Waals surface area contributed by atoms with Crippen molar-refractivity contribution in [1.29, 1.82) is 0 Å². The van der Waals surface area contributed by atoms with E-state index < -0.39 is 46.7 Å². The lowest BCUT2D eigenvalue weighted by Gasteiger charge is -2.32. The van der Waals surface area contributed by atoms with Crippen LogP contribution >= 0.6 is 0 Å². The highest BCUT2D eigenvalue weighted by molar-refractivity contribution is 5.89. The Morgan fingerprint density at radius 1 is 1.00 bits per heavy atom.